The van der Waals surface area contributed by atoms with Gasteiger partial charge < -0.3 is 30.6 Å². The van der Waals surface area contributed by atoms with Crippen LogP contribution in [0.1, 0.15) is 192 Å². The first kappa shape index (κ1) is 99.0. The van der Waals surface area contributed by atoms with Crippen molar-refractivity contribution in [3.05, 3.63) is 241 Å². The Balaban J connectivity index is 0.000000295. The molecule has 0 aliphatic heterocycles. The van der Waals surface area contributed by atoms with Gasteiger partial charge >= 0.3 is 11.9 Å². The zero-order valence-electron chi connectivity index (χ0n) is 71.1. The van der Waals surface area contributed by atoms with E-state index in [1.54, 1.807) is 24.8 Å². The molecule has 0 bridgehead atoms. The maximum absolute atomic E-state index is 11.7. The molecule has 0 saturated heterocycles. The number of aromatic nitrogens is 8. The van der Waals surface area contributed by atoms with Gasteiger partial charge in [-0.2, -0.15) is 0 Å². The molecule has 121 heavy (non-hydrogen) atoms. The number of nitrogens with zero attached hydrogens (tertiary/aromatic N) is 8. The molecular formula is C101H113Co3FN8O8. The number of rotatable bonds is 18. The molecule has 16 nitrogen and oxygen atoms in total. The summed E-state index contributed by atoms with van der Waals surface area (Å²) in [5.74, 6) is -0.976. The van der Waals surface area contributed by atoms with Crippen molar-refractivity contribution in [1.82, 2.24) is 39.9 Å². The van der Waals surface area contributed by atoms with Gasteiger partial charge in [-0.25, -0.2) is 19.9 Å². The van der Waals surface area contributed by atoms with Crippen molar-refractivity contribution in [3.63, 3.8) is 0 Å². The molecule has 0 saturated carbocycles. The monoisotopic (exact) mass is 1760 g/mol. The van der Waals surface area contributed by atoms with Crippen LogP contribution >= 0.6 is 0 Å². The first-order chi connectivity index (χ1) is 55.2. The number of benzene rings is 6. The van der Waals surface area contributed by atoms with E-state index in [4.69, 9.17) is 30.1 Å². The summed E-state index contributed by atoms with van der Waals surface area (Å²) in [7, 11) is 0. The zero-order chi connectivity index (χ0) is 83.6. The quantitative estimate of drug-likeness (QED) is 0.0436. The van der Waals surface area contributed by atoms with Gasteiger partial charge in [-0.05, 0) is 191 Å². The number of aliphatic carboxylic acids is 2. The molecule has 6 N–H and O–H groups in total. The van der Waals surface area contributed by atoms with Gasteiger partial charge in [0.1, 0.15) is 23.0 Å². The van der Waals surface area contributed by atoms with Crippen LogP contribution in [0.4, 0.5) is 4.70 Å². The van der Waals surface area contributed by atoms with Gasteiger partial charge in [-0.1, -0.05) is 217 Å². The third kappa shape index (κ3) is 23.5. The van der Waals surface area contributed by atoms with E-state index in [0.717, 1.165) is 95.2 Å². The fraction of sp³-hybridized carbons (Fsp3) is 0.307. The number of carboxylic acid groups (broad SMARTS) is 2. The van der Waals surface area contributed by atoms with Crippen LogP contribution in [0.15, 0.2) is 219 Å². The van der Waals surface area contributed by atoms with E-state index in [2.05, 4.69) is 117 Å². The van der Waals surface area contributed by atoms with Gasteiger partial charge in [-0.15, -0.1) is 0 Å². The van der Waals surface area contributed by atoms with Crippen molar-refractivity contribution in [2.75, 3.05) is 0 Å². The number of hydrogen-bond acceptors (Lipinski definition) is 14. The Hall–Kier alpha value is -10.9. The molecule has 0 aliphatic carbocycles. The Morgan fingerprint density at radius 3 is 0.653 bits per heavy atom. The van der Waals surface area contributed by atoms with Crippen molar-refractivity contribution in [1.29, 1.82) is 0 Å². The fourth-order valence-corrected chi connectivity index (χ4v) is 14.0. The Morgan fingerprint density at radius 2 is 0.496 bits per heavy atom. The van der Waals surface area contributed by atoms with E-state index < -0.39 is 11.9 Å². The van der Waals surface area contributed by atoms with Gasteiger partial charge in [0.05, 0.1) is 79.5 Å². The second kappa shape index (κ2) is 42.6. The van der Waals surface area contributed by atoms with Crippen molar-refractivity contribution >= 4 is 55.6 Å². The third-order valence-electron chi connectivity index (χ3n) is 21.3. The molecule has 14 aromatic rings. The molecule has 2 unspecified atom stereocenters. The normalized spacial score (nSPS) is 11.8. The Kier molecular flexibility index (Phi) is 34.8. The van der Waals surface area contributed by atoms with E-state index in [1.807, 2.05) is 208 Å². The molecule has 6 aromatic carbocycles. The van der Waals surface area contributed by atoms with Gasteiger partial charge in [0.25, 0.3) is 0 Å². The summed E-state index contributed by atoms with van der Waals surface area (Å²) in [4.78, 5) is 59.6. The number of phenols is 4. The van der Waals surface area contributed by atoms with Crippen LogP contribution < -0.4 is 0 Å². The molecule has 0 amide bonds. The van der Waals surface area contributed by atoms with Crippen LogP contribution in [0.3, 0.4) is 0 Å². The minimum absolute atomic E-state index is 0. The molecule has 639 valence electrons. The van der Waals surface area contributed by atoms with Crippen LogP contribution in [-0.2, 0) is 81.6 Å². The minimum Gasteiger partial charge on any atom is -0.507 e. The van der Waals surface area contributed by atoms with Gasteiger partial charge in [-0.3, -0.25) is 34.2 Å². The first-order valence-electron chi connectivity index (χ1n) is 40.2. The van der Waals surface area contributed by atoms with Gasteiger partial charge in [0.2, 0.25) is 0 Å². The molecule has 20 heteroatoms. The summed E-state index contributed by atoms with van der Waals surface area (Å²) in [5, 5.41) is 67.6. The SMILES string of the molecule is C.CC(C)(C)c1cc(-c2ccccn2)c(O)c(-c2ccc3ccc4ccc(-c5cc(C(C)(C)C)cc(-c6ccccn6)c5O)nc4c3n2)c1.CC(C)(C)c1cc(-c2ccccn2)c(O)c(-c2ccc3ccc4ccc(-c5cc(C(C)(C)C)cc(-c6ccccn6)c5O)nc4c3n2)c1.CCCCC(CC)C(=O)O.CCCCC(CC)C(=O)O.F.[Co].[Co].[Co]. The second-order valence-electron chi connectivity index (χ2n) is 33.9. The molecule has 0 aliphatic rings. The summed E-state index contributed by atoms with van der Waals surface area (Å²) in [6.07, 6.45) is 14.4. The minimum atomic E-state index is -0.643. The number of halogens is 1. The molecule has 2 atom stereocenters. The van der Waals surface area contributed by atoms with E-state index in [1.165, 1.54) is 0 Å². The molecule has 14 rings (SSSR count). The molecule has 8 aromatic heterocycles. The third-order valence-corrected chi connectivity index (χ3v) is 21.3. The fourth-order valence-electron chi connectivity index (χ4n) is 14.0. The van der Waals surface area contributed by atoms with Crippen LogP contribution in [0.2, 0.25) is 0 Å². The molecular weight excluding hydrogens is 1650 g/mol. The van der Waals surface area contributed by atoms with Crippen LogP contribution in [0.25, 0.3) is 134 Å². The average molecular weight is 1760 g/mol. The molecule has 0 fully saturated rings. The van der Waals surface area contributed by atoms with E-state index in [0.29, 0.717) is 112 Å². The topological polar surface area (TPSA) is 259 Å². The maximum atomic E-state index is 11.7. The predicted molar refractivity (Wildman–Crippen MR) is 481 cm³/mol. The smallest absolute Gasteiger partial charge is 0.306 e. The van der Waals surface area contributed by atoms with Crippen molar-refractivity contribution < 1.29 is 95.3 Å². The van der Waals surface area contributed by atoms with Gasteiger partial charge in [0, 0.05) is 141 Å². The second-order valence-corrected chi connectivity index (χ2v) is 33.9. The van der Waals surface area contributed by atoms with Gasteiger partial charge in [0.15, 0.2) is 0 Å². The molecule has 3 radical (unpaired) electrons. The summed E-state index contributed by atoms with van der Waals surface area (Å²) < 4.78 is 0. The van der Waals surface area contributed by atoms with Crippen LogP contribution in [0.5, 0.6) is 23.0 Å². The van der Waals surface area contributed by atoms with Crippen LogP contribution in [-0.4, -0.2) is 82.4 Å². The zero-order valence-corrected chi connectivity index (χ0v) is 74.2. The average Bonchev–Trinajstić information content (AvgIpc) is 0.758. The number of pyridine rings is 8. The van der Waals surface area contributed by atoms with Crippen molar-refractivity contribution in [2.45, 2.75) is 191 Å². The molecule has 8 heterocycles. The summed E-state index contributed by atoms with van der Waals surface area (Å²) in [6.45, 7) is 33.9. The van der Waals surface area contributed by atoms with Crippen molar-refractivity contribution in [3.8, 4) is 113 Å². The van der Waals surface area contributed by atoms with E-state index >= 15 is 0 Å². The Morgan fingerprint density at radius 1 is 0.306 bits per heavy atom. The summed E-state index contributed by atoms with van der Waals surface area (Å²) >= 11 is 0. The van der Waals surface area contributed by atoms with E-state index in [9.17, 15) is 30.0 Å². The maximum Gasteiger partial charge on any atom is 0.306 e. The van der Waals surface area contributed by atoms with Crippen LogP contribution in [0, 0.1) is 11.8 Å². The number of hydrogen-bond donors (Lipinski definition) is 6. The number of aromatic hydroxyl groups is 4. The standard InChI is InChI=1S/2C42H38N4O2.2C8H16O2.CH4.3Co.FH/c2*1-41(2,3)27-21-29(33-11-7-9-19-43-33)39(47)31(23-27)35-17-15-25-13-14-26-16-18-36(46-38(26)37(25)45-35)32-24-28(42(4,5)6)22-30(40(32)48)34-12-8-10-20-44-34;2*1-3-5-6-7(4-2)8(9)10;;;;;/h2*7-24,47-48H,1-6H3;2*7H,3-6H2,1-2H3,(H,9,10);1H4;;;;1H. The summed E-state index contributed by atoms with van der Waals surface area (Å²) in [6, 6.07) is 62.9. The van der Waals surface area contributed by atoms with E-state index in [-0.39, 0.29) is 119 Å². The Bertz CT molecular complexity index is 5170. The number of carboxylic acids is 2. The predicted octanol–water partition coefficient (Wildman–Crippen LogP) is 25.9. The largest absolute Gasteiger partial charge is 0.507 e. The number of carbonyl (C=O) groups is 2. The number of fused-ring (bicyclic) bond motifs is 6. The number of unbranched alkanes of at least 4 members (excludes halogenated alkanes) is 2. The molecule has 0 spiro atoms. The first-order valence-corrected chi connectivity index (χ1v) is 40.2. The van der Waals surface area contributed by atoms with Crippen molar-refractivity contribution in [2.24, 2.45) is 11.8 Å². The number of phenolic OH excluding ortho intramolecular Hbond substituents is 4. The summed E-state index contributed by atoms with van der Waals surface area (Å²) in [5.41, 5.74) is 16.9. The Labute approximate surface area is 742 Å².